The minimum Gasteiger partial charge on any atom is -0.497 e. The Bertz CT molecular complexity index is 839. The third-order valence-corrected chi connectivity index (χ3v) is 4.16. The van der Waals surface area contributed by atoms with E-state index in [1.54, 1.807) is 31.9 Å². The number of methoxy groups -OCH3 is 1. The lowest BCUT2D eigenvalue weighted by atomic mass is 10.1. The van der Waals surface area contributed by atoms with Crippen LogP contribution in [-0.2, 0) is 17.9 Å². The fourth-order valence-corrected chi connectivity index (χ4v) is 2.67. The number of nitrogens with one attached hydrogen (secondary N) is 2. The molecule has 1 aromatic carbocycles. The molecule has 0 spiro atoms. The second kappa shape index (κ2) is 9.45. The molecule has 0 radical (unpaired) electrons. The maximum Gasteiger partial charge on any atom is 0.242 e. The van der Waals surface area contributed by atoms with Crippen molar-refractivity contribution >= 4 is 5.91 Å². The molecule has 1 atom stereocenters. The summed E-state index contributed by atoms with van der Waals surface area (Å²) < 4.78 is 5.21. The van der Waals surface area contributed by atoms with Crippen molar-refractivity contribution in [1.29, 1.82) is 0 Å². The van der Waals surface area contributed by atoms with E-state index < -0.39 is 6.04 Å². The van der Waals surface area contributed by atoms with Crippen LogP contribution in [-0.4, -0.2) is 23.0 Å². The van der Waals surface area contributed by atoms with Crippen LogP contribution in [0, 0.1) is 0 Å². The van der Waals surface area contributed by atoms with Crippen LogP contribution in [0.25, 0.3) is 0 Å². The first-order chi connectivity index (χ1) is 13.3. The molecule has 138 valence electrons. The lowest BCUT2D eigenvalue weighted by molar-refractivity contribution is -0.123. The molecule has 0 saturated heterocycles. The fraction of sp³-hybridized carbons (Fsp3) is 0.190. The highest BCUT2D eigenvalue weighted by atomic mass is 16.5. The van der Waals surface area contributed by atoms with Gasteiger partial charge in [-0.2, -0.15) is 0 Å². The van der Waals surface area contributed by atoms with Gasteiger partial charge in [-0.15, -0.1) is 0 Å². The molecule has 3 rings (SSSR count). The van der Waals surface area contributed by atoms with Crippen LogP contribution < -0.4 is 15.4 Å². The monoisotopic (exact) mass is 362 g/mol. The molecule has 0 bridgehead atoms. The Hall–Kier alpha value is -3.25. The number of rotatable bonds is 8. The summed E-state index contributed by atoms with van der Waals surface area (Å²) in [4.78, 5) is 21.0. The third-order valence-electron chi connectivity index (χ3n) is 4.16. The maximum absolute atomic E-state index is 12.9. The number of hydrogen-bond acceptors (Lipinski definition) is 5. The average Bonchev–Trinajstić information content (AvgIpc) is 2.74. The van der Waals surface area contributed by atoms with Crippen molar-refractivity contribution < 1.29 is 9.53 Å². The molecule has 2 N–H and O–H groups in total. The average molecular weight is 362 g/mol. The van der Waals surface area contributed by atoms with Gasteiger partial charge in [-0.1, -0.05) is 18.2 Å². The minimum absolute atomic E-state index is 0.0990. The first-order valence-corrected chi connectivity index (χ1v) is 8.69. The van der Waals surface area contributed by atoms with Crippen LogP contribution in [0.5, 0.6) is 5.75 Å². The van der Waals surface area contributed by atoms with Gasteiger partial charge in [0.2, 0.25) is 5.91 Å². The van der Waals surface area contributed by atoms with E-state index in [2.05, 4.69) is 20.6 Å². The van der Waals surface area contributed by atoms with Crippen molar-refractivity contribution in [2.24, 2.45) is 0 Å². The van der Waals surface area contributed by atoms with E-state index in [0.29, 0.717) is 13.1 Å². The number of aromatic nitrogens is 2. The standard InChI is InChI=1S/C21H22N4O2/c1-27-19-6-4-18(5-7-19)20(24-14-16-8-11-22-12-9-16)21(26)25-15-17-3-2-10-23-13-17/h2-13,20,24H,14-15H2,1H3,(H,25,26). The largest absolute Gasteiger partial charge is 0.497 e. The minimum atomic E-state index is -0.485. The molecule has 2 heterocycles. The number of pyridine rings is 2. The first kappa shape index (κ1) is 18.5. The molecule has 6 nitrogen and oxygen atoms in total. The van der Waals surface area contributed by atoms with Crippen molar-refractivity contribution in [3.8, 4) is 5.75 Å². The molecule has 1 amide bonds. The summed E-state index contributed by atoms with van der Waals surface area (Å²) in [7, 11) is 1.62. The summed E-state index contributed by atoms with van der Waals surface area (Å²) in [6.07, 6.45) is 6.93. The zero-order valence-electron chi connectivity index (χ0n) is 15.1. The topological polar surface area (TPSA) is 76.1 Å². The normalized spacial score (nSPS) is 11.6. The van der Waals surface area contributed by atoms with Crippen LogP contribution in [0.1, 0.15) is 22.7 Å². The molecule has 27 heavy (non-hydrogen) atoms. The van der Waals surface area contributed by atoms with Crippen molar-refractivity contribution in [3.05, 3.63) is 90.0 Å². The molecule has 0 aliphatic carbocycles. The summed E-state index contributed by atoms with van der Waals surface area (Å²) in [5, 5.41) is 6.31. The number of benzene rings is 1. The van der Waals surface area contributed by atoms with Gasteiger partial charge >= 0.3 is 0 Å². The molecular weight excluding hydrogens is 340 g/mol. The zero-order chi connectivity index (χ0) is 18.9. The third kappa shape index (κ3) is 5.36. The molecule has 0 fully saturated rings. The second-order valence-corrected chi connectivity index (χ2v) is 6.02. The summed E-state index contributed by atoms with van der Waals surface area (Å²) in [6.45, 7) is 0.982. The number of carbonyl (C=O) groups is 1. The maximum atomic E-state index is 12.9. The second-order valence-electron chi connectivity index (χ2n) is 6.02. The Balaban J connectivity index is 1.72. The first-order valence-electron chi connectivity index (χ1n) is 8.69. The molecule has 6 heteroatoms. The smallest absolute Gasteiger partial charge is 0.242 e. The lowest BCUT2D eigenvalue weighted by Gasteiger charge is -2.19. The molecule has 2 aromatic heterocycles. The Morgan fingerprint density at radius 1 is 0.963 bits per heavy atom. The summed E-state index contributed by atoms with van der Waals surface area (Å²) in [6, 6.07) is 14.6. The van der Waals surface area contributed by atoms with Crippen LogP contribution in [0.4, 0.5) is 0 Å². The Labute approximate surface area is 158 Å². The van der Waals surface area contributed by atoms with Crippen molar-refractivity contribution in [2.75, 3.05) is 7.11 Å². The number of nitrogens with zero attached hydrogens (tertiary/aromatic N) is 2. The Morgan fingerprint density at radius 2 is 1.74 bits per heavy atom. The number of amides is 1. The van der Waals surface area contributed by atoms with Gasteiger partial charge in [0.25, 0.3) is 0 Å². The summed E-state index contributed by atoms with van der Waals surface area (Å²) in [5.41, 5.74) is 2.88. The van der Waals surface area contributed by atoms with E-state index >= 15 is 0 Å². The highest BCUT2D eigenvalue weighted by Crippen LogP contribution is 2.19. The van der Waals surface area contributed by atoms with E-state index in [1.165, 1.54) is 0 Å². The van der Waals surface area contributed by atoms with E-state index in [4.69, 9.17) is 4.74 Å². The van der Waals surface area contributed by atoms with E-state index in [0.717, 1.165) is 22.4 Å². The van der Waals surface area contributed by atoms with Gasteiger partial charge in [0.15, 0.2) is 0 Å². The molecule has 0 saturated carbocycles. The van der Waals surface area contributed by atoms with Crippen molar-refractivity contribution in [2.45, 2.75) is 19.1 Å². The predicted octanol–water partition coefficient (Wildman–Crippen LogP) is 2.63. The zero-order valence-corrected chi connectivity index (χ0v) is 15.1. The van der Waals surface area contributed by atoms with Crippen LogP contribution in [0.2, 0.25) is 0 Å². The molecule has 3 aromatic rings. The fourth-order valence-electron chi connectivity index (χ4n) is 2.67. The molecule has 0 aliphatic rings. The number of ether oxygens (including phenoxy) is 1. The van der Waals surface area contributed by atoms with Gasteiger partial charge in [-0.25, -0.2) is 0 Å². The van der Waals surface area contributed by atoms with Crippen molar-refractivity contribution in [1.82, 2.24) is 20.6 Å². The Kier molecular flexibility index (Phi) is 6.49. The number of carbonyl (C=O) groups excluding carboxylic acids is 1. The van der Waals surface area contributed by atoms with Crippen LogP contribution >= 0.6 is 0 Å². The highest BCUT2D eigenvalue weighted by Gasteiger charge is 2.20. The SMILES string of the molecule is COc1ccc(C(NCc2ccncc2)C(=O)NCc2cccnc2)cc1. The van der Waals surface area contributed by atoms with Gasteiger partial charge in [0.05, 0.1) is 7.11 Å². The van der Waals surface area contributed by atoms with Crippen molar-refractivity contribution in [3.63, 3.8) is 0 Å². The van der Waals surface area contributed by atoms with Crippen LogP contribution in [0.3, 0.4) is 0 Å². The quantitative estimate of drug-likeness (QED) is 0.644. The van der Waals surface area contributed by atoms with Gasteiger partial charge in [0, 0.05) is 37.9 Å². The van der Waals surface area contributed by atoms with E-state index in [-0.39, 0.29) is 5.91 Å². The molecule has 0 aliphatic heterocycles. The van der Waals surface area contributed by atoms with Gasteiger partial charge in [0.1, 0.15) is 11.8 Å². The number of hydrogen-bond donors (Lipinski definition) is 2. The van der Waals surface area contributed by atoms with E-state index in [1.807, 2.05) is 48.5 Å². The molecular formula is C21H22N4O2. The highest BCUT2D eigenvalue weighted by molar-refractivity contribution is 5.83. The summed E-state index contributed by atoms with van der Waals surface area (Å²) >= 11 is 0. The molecule has 1 unspecified atom stereocenters. The van der Waals surface area contributed by atoms with Gasteiger partial charge in [-0.3, -0.25) is 20.1 Å². The van der Waals surface area contributed by atoms with Gasteiger partial charge in [-0.05, 0) is 47.0 Å². The predicted molar refractivity (Wildman–Crippen MR) is 103 cm³/mol. The van der Waals surface area contributed by atoms with Gasteiger partial charge < -0.3 is 10.1 Å². The summed E-state index contributed by atoms with van der Waals surface area (Å²) in [5.74, 6) is 0.653. The van der Waals surface area contributed by atoms with E-state index in [9.17, 15) is 4.79 Å². The van der Waals surface area contributed by atoms with Crippen LogP contribution in [0.15, 0.2) is 73.3 Å². The lowest BCUT2D eigenvalue weighted by Crippen LogP contribution is -2.37. The Morgan fingerprint density at radius 3 is 2.41 bits per heavy atom.